The molecule has 31 heavy (non-hydrogen) atoms. The third-order valence-electron chi connectivity index (χ3n) is 11.8. The summed E-state index contributed by atoms with van der Waals surface area (Å²) in [6.07, 6.45) is 9.39. The molecule has 0 aromatic rings. The van der Waals surface area contributed by atoms with Crippen LogP contribution in [0.15, 0.2) is 0 Å². The van der Waals surface area contributed by atoms with Gasteiger partial charge in [0.1, 0.15) is 5.78 Å². The molecule has 1 N–H and O–H groups in total. The number of aliphatic hydroxyl groups excluding tert-OH is 1. The lowest BCUT2D eigenvalue weighted by atomic mass is 9.44. The summed E-state index contributed by atoms with van der Waals surface area (Å²) in [6, 6.07) is 0. The van der Waals surface area contributed by atoms with Gasteiger partial charge in [-0.1, -0.05) is 27.7 Å². The first-order chi connectivity index (χ1) is 14.7. The van der Waals surface area contributed by atoms with E-state index in [0.29, 0.717) is 41.3 Å². The summed E-state index contributed by atoms with van der Waals surface area (Å²) >= 11 is 0. The highest BCUT2D eigenvalue weighted by molar-refractivity contribution is 5.87. The van der Waals surface area contributed by atoms with Crippen molar-refractivity contribution in [3.8, 4) is 0 Å². The monoisotopic (exact) mass is 430 g/mol. The number of ketones is 1. The van der Waals surface area contributed by atoms with Gasteiger partial charge in [0.25, 0.3) is 0 Å². The smallest absolute Gasteiger partial charge is 0.171 e. The molecule has 2 aliphatic heterocycles. The van der Waals surface area contributed by atoms with Crippen LogP contribution in [0.4, 0.5) is 0 Å². The van der Waals surface area contributed by atoms with Gasteiger partial charge in [-0.2, -0.15) is 0 Å². The third-order valence-corrected chi connectivity index (χ3v) is 11.8. The second kappa shape index (κ2) is 6.79. The fourth-order valence-corrected chi connectivity index (χ4v) is 9.93. The van der Waals surface area contributed by atoms with E-state index >= 15 is 0 Å². The maximum absolute atomic E-state index is 14.0. The van der Waals surface area contributed by atoms with Crippen molar-refractivity contribution in [3.63, 3.8) is 0 Å². The molecule has 6 aliphatic rings. The van der Waals surface area contributed by atoms with Gasteiger partial charge in [0.15, 0.2) is 5.79 Å². The van der Waals surface area contributed by atoms with Gasteiger partial charge in [-0.15, -0.1) is 0 Å². The highest BCUT2D eigenvalue weighted by Gasteiger charge is 2.71. The molecule has 4 saturated carbocycles. The molecule has 0 bridgehead atoms. The first-order valence-electron chi connectivity index (χ1n) is 13.2. The summed E-state index contributed by atoms with van der Waals surface area (Å²) in [5.74, 6) is 3.45. The lowest BCUT2D eigenvalue weighted by Crippen LogP contribution is -2.58. The van der Waals surface area contributed by atoms with Crippen molar-refractivity contribution in [1.29, 1.82) is 0 Å². The molecule has 174 valence electrons. The van der Waals surface area contributed by atoms with Gasteiger partial charge in [-0.25, -0.2) is 0 Å². The Hall–Kier alpha value is -0.450. The molecule has 0 aromatic heterocycles. The molecule has 0 amide bonds. The van der Waals surface area contributed by atoms with Gasteiger partial charge in [0, 0.05) is 30.1 Å². The molecule has 0 aromatic carbocycles. The summed E-state index contributed by atoms with van der Waals surface area (Å²) in [5, 5.41) is 10.3. The Morgan fingerprint density at radius 3 is 2.55 bits per heavy atom. The Morgan fingerprint density at radius 1 is 1.00 bits per heavy atom. The predicted molar refractivity (Wildman–Crippen MR) is 118 cm³/mol. The van der Waals surface area contributed by atoms with E-state index < -0.39 is 5.79 Å². The Morgan fingerprint density at radius 2 is 1.81 bits per heavy atom. The molecule has 12 atom stereocenters. The van der Waals surface area contributed by atoms with E-state index in [0.717, 1.165) is 51.6 Å². The van der Waals surface area contributed by atoms with Crippen molar-refractivity contribution < 1.29 is 19.4 Å². The molecule has 2 heterocycles. The number of rotatable bonds is 0. The zero-order chi connectivity index (χ0) is 21.8. The Bertz CT molecular complexity index is 756. The molecule has 1 spiro atoms. The van der Waals surface area contributed by atoms with Gasteiger partial charge in [0.2, 0.25) is 0 Å². The molecule has 4 nitrogen and oxygen atoms in total. The second-order valence-electron chi connectivity index (χ2n) is 13.0. The van der Waals surface area contributed by atoms with Crippen LogP contribution in [0.1, 0.15) is 85.5 Å². The van der Waals surface area contributed by atoms with Crippen LogP contribution in [0.25, 0.3) is 0 Å². The summed E-state index contributed by atoms with van der Waals surface area (Å²) < 4.78 is 13.2. The fourth-order valence-electron chi connectivity index (χ4n) is 9.93. The SMILES string of the molecule is CC1CCC2(OC1)OC1CC3C4CC[C@H]5C[C@@H](O)CC[C@]5(C)C4CC(=O)[C@]3(C)C1C2C. The van der Waals surface area contributed by atoms with E-state index in [2.05, 4.69) is 27.7 Å². The zero-order valence-corrected chi connectivity index (χ0v) is 19.9. The zero-order valence-electron chi connectivity index (χ0n) is 19.9. The molecule has 4 aliphatic carbocycles. The number of carbonyl (C=O) groups excluding carboxylic acids is 1. The van der Waals surface area contributed by atoms with E-state index in [-0.39, 0.29) is 29.0 Å². The number of hydrogen-bond acceptors (Lipinski definition) is 4. The van der Waals surface area contributed by atoms with E-state index in [1.165, 1.54) is 12.8 Å². The quantitative estimate of drug-likeness (QED) is 0.589. The summed E-state index contributed by atoms with van der Waals surface area (Å²) in [6.45, 7) is 10.1. The second-order valence-corrected chi connectivity index (χ2v) is 13.0. The normalized spacial score (nSPS) is 60.9. The topological polar surface area (TPSA) is 55.8 Å². The summed E-state index contributed by atoms with van der Waals surface area (Å²) in [7, 11) is 0. The molecule has 4 heteroatoms. The fraction of sp³-hybridized carbons (Fsp3) is 0.963. The first kappa shape index (κ1) is 21.1. The van der Waals surface area contributed by atoms with Crippen molar-refractivity contribution in [2.45, 2.75) is 103 Å². The summed E-state index contributed by atoms with van der Waals surface area (Å²) in [4.78, 5) is 14.0. The van der Waals surface area contributed by atoms with Crippen LogP contribution in [0.5, 0.6) is 0 Å². The minimum absolute atomic E-state index is 0.131. The minimum atomic E-state index is -0.448. The van der Waals surface area contributed by atoms with Crippen LogP contribution >= 0.6 is 0 Å². The van der Waals surface area contributed by atoms with Crippen molar-refractivity contribution in [3.05, 3.63) is 0 Å². The number of Topliss-reactive ketones (excluding diaryl/α,β-unsaturated/α-hetero) is 1. The van der Waals surface area contributed by atoms with Crippen LogP contribution < -0.4 is 0 Å². The van der Waals surface area contributed by atoms with Gasteiger partial charge < -0.3 is 14.6 Å². The Kier molecular flexibility index (Phi) is 4.62. The van der Waals surface area contributed by atoms with Crippen LogP contribution in [-0.4, -0.2) is 35.5 Å². The Balaban J connectivity index is 1.30. The largest absolute Gasteiger partial charge is 0.393 e. The van der Waals surface area contributed by atoms with E-state index in [9.17, 15) is 9.90 Å². The third kappa shape index (κ3) is 2.68. The minimum Gasteiger partial charge on any atom is -0.393 e. The average Bonchev–Trinajstić information content (AvgIpc) is 3.18. The number of aliphatic hydroxyl groups is 1. The molecule has 0 radical (unpaired) electrons. The van der Waals surface area contributed by atoms with Crippen LogP contribution in [0.2, 0.25) is 0 Å². The number of fused-ring (bicyclic) bond motifs is 7. The Labute approximate surface area is 187 Å². The molecular weight excluding hydrogens is 388 g/mol. The first-order valence-corrected chi connectivity index (χ1v) is 13.2. The van der Waals surface area contributed by atoms with E-state index in [1.807, 2.05) is 0 Å². The maximum atomic E-state index is 14.0. The van der Waals surface area contributed by atoms with Crippen molar-refractivity contribution in [2.75, 3.05) is 6.61 Å². The molecule has 2 saturated heterocycles. The average molecular weight is 431 g/mol. The van der Waals surface area contributed by atoms with Gasteiger partial charge >= 0.3 is 0 Å². The van der Waals surface area contributed by atoms with Crippen LogP contribution in [-0.2, 0) is 14.3 Å². The predicted octanol–water partition coefficient (Wildman–Crippen LogP) is 4.97. The lowest BCUT2D eigenvalue weighted by molar-refractivity contribution is -0.272. The van der Waals surface area contributed by atoms with E-state index in [1.54, 1.807) is 0 Å². The lowest BCUT2D eigenvalue weighted by Gasteiger charge is -2.60. The van der Waals surface area contributed by atoms with E-state index in [4.69, 9.17) is 9.47 Å². The van der Waals surface area contributed by atoms with Crippen molar-refractivity contribution >= 4 is 5.78 Å². The van der Waals surface area contributed by atoms with Gasteiger partial charge in [0.05, 0.1) is 18.8 Å². The van der Waals surface area contributed by atoms with Gasteiger partial charge in [-0.05, 0) is 80.0 Å². The molecular formula is C27H42O4. The highest BCUT2D eigenvalue weighted by Crippen LogP contribution is 2.70. The van der Waals surface area contributed by atoms with Crippen LogP contribution in [0, 0.1) is 52.3 Å². The number of hydrogen-bond donors (Lipinski definition) is 1. The van der Waals surface area contributed by atoms with Crippen LogP contribution in [0.3, 0.4) is 0 Å². The highest BCUT2D eigenvalue weighted by atomic mass is 16.7. The maximum Gasteiger partial charge on any atom is 0.171 e. The summed E-state index contributed by atoms with van der Waals surface area (Å²) in [5.41, 5.74) is -0.0221. The number of carbonyl (C=O) groups is 1. The molecule has 6 fully saturated rings. The molecule has 8 unspecified atom stereocenters. The standard InChI is InChI=1S/C27H42O4/c1-15-7-10-27(30-14-15)16(2)24-22(31-27)12-21-19-6-5-17-11-18(28)8-9-25(17,3)20(19)13-23(29)26(21,24)4/h15-22,24,28H,5-14H2,1-4H3/t15?,16?,17-,18-,19?,20?,21?,22?,24?,25-,26+,27?/m0/s1. The molecule has 6 rings (SSSR count). The number of ether oxygens (including phenoxy) is 2. The van der Waals surface area contributed by atoms with Gasteiger partial charge in [-0.3, -0.25) is 4.79 Å². The van der Waals surface area contributed by atoms with Crippen molar-refractivity contribution in [1.82, 2.24) is 0 Å². The van der Waals surface area contributed by atoms with Crippen molar-refractivity contribution in [2.24, 2.45) is 52.3 Å².